The van der Waals surface area contributed by atoms with Crippen molar-refractivity contribution in [3.8, 4) is 5.75 Å². The first kappa shape index (κ1) is 17.1. The van der Waals surface area contributed by atoms with E-state index in [1.54, 1.807) is 17.6 Å². The number of anilines is 1. The predicted molar refractivity (Wildman–Crippen MR) is 88.5 cm³/mol. The van der Waals surface area contributed by atoms with Gasteiger partial charge in [-0.25, -0.2) is 0 Å². The molecule has 1 amide bonds. The number of carbonyl (C=O) groups excluding carboxylic acids is 1. The summed E-state index contributed by atoms with van der Waals surface area (Å²) < 4.78 is 7.54. The van der Waals surface area contributed by atoms with Crippen molar-refractivity contribution < 1.29 is 23.0 Å². The van der Waals surface area contributed by atoms with Gasteiger partial charge in [-0.2, -0.15) is 0 Å². The van der Waals surface area contributed by atoms with Gasteiger partial charge in [-0.05, 0) is 0 Å². The molecule has 118 valence electrons. The SMILES string of the molecule is CC(Oc1ccccc1[CH]=[Ru]([Cl])[Cl])C(=O)Nc1ccccc1. The Labute approximate surface area is 142 Å². The van der Waals surface area contributed by atoms with Crippen molar-refractivity contribution in [2.45, 2.75) is 13.0 Å². The summed E-state index contributed by atoms with van der Waals surface area (Å²) in [4.78, 5) is 12.2. The third-order valence-corrected chi connectivity index (χ3v) is 4.65. The van der Waals surface area contributed by atoms with Crippen LogP contribution in [0.15, 0.2) is 54.6 Å². The summed E-state index contributed by atoms with van der Waals surface area (Å²) in [5.41, 5.74) is 1.54. The summed E-state index contributed by atoms with van der Waals surface area (Å²) in [6.45, 7) is 1.70. The number of ether oxygens (including phenoxy) is 1. The Bertz CT molecular complexity index is 673. The molecule has 3 nitrogen and oxygen atoms in total. The van der Waals surface area contributed by atoms with Crippen LogP contribution in [0.1, 0.15) is 12.5 Å². The Balaban J connectivity index is 2.07. The molecular formula is C16H15Cl2NO2Ru. The van der Waals surface area contributed by atoms with Crippen LogP contribution in [-0.2, 0) is 18.3 Å². The van der Waals surface area contributed by atoms with Crippen LogP contribution in [0.5, 0.6) is 5.75 Å². The van der Waals surface area contributed by atoms with E-state index in [1.165, 1.54) is 0 Å². The number of carbonyl (C=O) groups is 1. The minimum absolute atomic E-state index is 0.216. The number of para-hydroxylation sites is 2. The second kappa shape index (κ2) is 8.42. The quantitative estimate of drug-likeness (QED) is 0.731. The molecule has 1 atom stereocenters. The fourth-order valence-electron chi connectivity index (χ4n) is 1.76. The maximum atomic E-state index is 12.2. The number of hydrogen-bond acceptors (Lipinski definition) is 2. The summed E-state index contributed by atoms with van der Waals surface area (Å²) in [5.74, 6) is 0.380. The summed E-state index contributed by atoms with van der Waals surface area (Å²) >= 11 is -1.95. The summed E-state index contributed by atoms with van der Waals surface area (Å²) in [7, 11) is 11.8. The Kier molecular flexibility index (Phi) is 6.56. The maximum absolute atomic E-state index is 12.2. The molecule has 1 N–H and O–H groups in total. The van der Waals surface area contributed by atoms with Crippen molar-refractivity contribution in [1.82, 2.24) is 0 Å². The van der Waals surface area contributed by atoms with Gasteiger partial charge in [-0.1, -0.05) is 0 Å². The van der Waals surface area contributed by atoms with Gasteiger partial charge in [0.15, 0.2) is 0 Å². The van der Waals surface area contributed by atoms with E-state index in [2.05, 4.69) is 5.32 Å². The molecule has 0 aliphatic rings. The van der Waals surface area contributed by atoms with Crippen LogP contribution in [0.25, 0.3) is 0 Å². The molecular weight excluding hydrogens is 410 g/mol. The zero-order valence-electron chi connectivity index (χ0n) is 11.8. The van der Waals surface area contributed by atoms with Gasteiger partial charge in [0.2, 0.25) is 0 Å². The third kappa shape index (κ3) is 5.20. The summed E-state index contributed by atoms with van der Waals surface area (Å²) in [6, 6.07) is 16.6. The molecule has 0 spiro atoms. The number of benzene rings is 2. The first-order chi connectivity index (χ1) is 10.6. The molecule has 6 heteroatoms. The minimum atomic E-state index is -1.95. The number of amides is 1. The van der Waals surface area contributed by atoms with Gasteiger partial charge in [-0.3, -0.25) is 0 Å². The summed E-state index contributed by atoms with van der Waals surface area (Å²) in [5, 5.41) is 2.80. The Hall–Kier alpha value is -1.22. The van der Waals surface area contributed by atoms with E-state index in [9.17, 15) is 4.79 Å². The van der Waals surface area contributed by atoms with E-state index in [1.807, 2.05) is 48.5 Å². The van der Waals surface area contributed by atoms with Crippen molar-refractivity contribution in [1.29, 1.82) is 0 Å². The van der Waals surface area contributed by atoms with Gasteiger partial charge in [0.05, 0.1) is 0 Å². The van der Waals surface area contributed by atoms with Gasteiger partial charge >= 0.3 is 143 Å². The molecule has 0 aliphatic carbocycles. The van der Waals surface area contributed by atoms with E-state index < -0.39 is 19.6 Å². The van der Waals surface area contributed by atoms with E-state index in [-0.39, 0.29) is 5.91 Å². The van der Waals surface area contributed by atoms with Gasteiger partial charge in [-0.15, -0.1) is 0 Å². The Morgan fingerprint density at radius 3 is 2.45 bits per heavy atom. The summed E-state index contributed by atoms with van der Waals surface area (Å²) in [6.07, 6.45) is -0.638. The van der Waals surface area contributed by atoms with E-state index >= 15 is 0 Å². The number of nitrogens with one attached hydrogen (secondary N) is 1. The van der Waals surface area contributed by atoms with Crippen molar-refractivity contribution in [2.24, 2.45) is 0 Å². The van der Waals surface area contributed by atoms with Gasteiger partial charge in [0.1, 0.15) is 0 Å². The predicted octanol–water partition coefficient (Wildman–Crippen LogP) is 4.17. The fraction of sp³-hybridized carbons (Fsp3) is 0.125. The van der Waals surface area contributed by atoms with E-state index in [0.717, 1.165) is 11.3 Å². The van der Waals surface area contributed by atoms with Crippen molar-refractivity contribution >= 4 is 35.6 Å². The topological polar surface area (TPSA) is 38.3 Å². The molecule has 0 bridgehead atoms. The zero-order valence-corrected chi connectivity index (χ0v) is 15.0. The second-order valence-corrected chi connectivity index (χ2v) is 10.2. The normalized spacial score (nSPS) is 12.2. The molecule has 0 aromatic heterocycles. The molecule has 1 unspecified atom stereocenters. The third-order valence-electron chi connectivity index (χ3n) is 2.82. The average molecular weight is 425 g/mol. The van der Waals surface area contributed by atoms with Crippen molar-refractivity contribution in [2.75, 3.05) is 5.32 Å². The first-order valence-corrected chi connectivity index (χ1v) is 12.0. The molecule has 0 saturated heterocycles. The van der Waals surface area contributed by atoms with Crippen molar-refractivity contribution in [3.63, 3.8) is 0 Å². The first-order valence-electron chi connectivity index (χ1n) is 6.51. The van der Waals surface area contributed by atoms with Crippen LogP contribution in [-0.4, -0.2) is 16.6 Å². The van der Waals surface area contributed by atoms with Crippen LogP contribution in [0.2, 0.25) is 0 Å². The van der Waals surface area contributed by atoms with Crippen LogP contribution in [0.3, 0.4) is 0 Å². The van der Waals surface area contributed by atoms with E-state index in [0.29, 0.717) is 5.75 Å². The molecule has 0 aliphatic heterocycles. The molecule has 2 rings (SSSR count). The Morgan fingerprint density at radius 2 is 1.77 bits per heavy atom. The molecule has 2 aromatic carbocycles. The number of rotatable bonds is 5. The van der Waals surface area contributed by atoms with Gasteiger partial charge in [0, 0.05) is 0 Å². The molecule has 0 saturated carbocycles. The van der Waals surface area contributed by atoms with Crippen LogP contribution in [0, 0.1) is 0 Å². The molecule has 2 aromatic rings. The Morgan fingerprint density at radius 1 is 1.14 bits per heavy atom. The molecule has 0 heterocycles. The fourth-order valence-corrected chi connectivity index (χ4v) is 3.57. The molecule has 0 radical (unpaired) electrons. The average Bonchev–Trinajstić information content (AvgIpc) is 2.49. The van der Waals surface area contributed by atoms with Crippen molar-refractivity contribution in [3.05, 3.63) is 60.2 Å². The monoisotopic (exact) mass is 425 g/mol. The molecule has 22 heavy (non-hydrogen) atoms. The van der Waals surface area contributed by atoms with Crippen LogP contribution < -0.4 is 10.1 Å². The van der Waals surface area contributed by atoms with Crippen LogP contribution >= 0.6 is 19.4 Å². The zero-order chi connectivity index (χ0) is 15.9. The standard InChI is InChI=1S/C16H15NO2.2ClH.Ru/c1-12-8-6-7-11-15(12)19-13(2)16(18)17-14-9-4-3-5-10-14;;;/h1,3-11,13H,2H3,(H,17,18);2*1H;/q;;;+2/p-2. The second-order valence-electron chi connectivity index (χ2n) is 4.46. The number of halogens is 2. The number of hydrogen-bond donors (Lipinski definition) is 1. The molecule has 0 fully saturated rings. The van der Waals surface area contributed by atoms with Crippen LogP contribution in [0.4, 0.5) is 5.69 Å². The van der Waals surface area contributed by atoms with E-state index in [4.69, 9.17) is 24.1 Å². The van der Waals surface area contributed by atoms with Gasteiger partial charge in [0.25, 0.3) is 0 Å². The van der Waals surface area contributed by atoms with Gasteiger partial charge < -0.3 is 0 Å².